The van der Waals surface area contributed by atoms with Crippen LogP contribution >= 0.6 is 0 Å². The average molecular weight is 526 g/mol. The SMILES string of the molecule is CCCCOc1ccc(C(=O)N/C(=C\c2ccc(OC)cc2)C(=O)NCCc2c(C)[nH]c3ccccc23)cc1. The van der Waals surface area contributed by atoms with E-state index in [2.05, 4.69) is 28.6 Å². The van der Waals surface area contributed by atoms with Gasteiger partial charge in [0.25, 0.3) is 11.8 Å². The van der Waals surface area contributed by atoms with Crippen LogP contribution in [0.1, 0.15) is 46.9 Å². The number of aryl methyl sites for hydroxylation is 1. The first-order valence-corrected chi connectivity index (χ1v) is 13.2. The summed E-state index contributed by atoms with van der Waals surface area (Å²) >= 11 is 0. The molecular weight excluding hydrogens is 490 g/mol. The highest BCUT2D eigenvalue weighted by molar-refractivity contribution is 6.05. The number of rotatable bonds is 12. The van der Waals surface area contributed by atoms with Gasteiger partial charge in [-0.25, -0.2) is 0 Å². The molecule has 1 aromatic heterocycles. The highest BCUT2D eigenvalue weighted by atomic mass is 16.5. The van der Waals surface area contributed by atoms with Gasteiger partial charge in [0.15, 0.2) is 0 Å². The third-order valence-electron chi connectivity index (χ3n) is 6.49. The molecule has 39 heavy (non-hydrogen) atoms. The van der Waals surface area contributed by atoms with Crippen molar-refractivity contribution in [1.29, 1.82) is 0 Å². The summed E-state index contributed by atoms with van der Waals surface area (Å²) in [6, 6.07) is 22.3. The molecule has 4 aromatic rings. The van der Waals surface area contributed by atoms with Crippen LogP contribution in [0.2, 0.25) is 0 Å². The van der Waals surface area contributed by atoms with Crippen molar-refractivity contribution < 1.29 is 19.1 Å². The lowest BCUT2D eigenvalue weighted by Gasteiger charge is -2.12. The Hall–Kier alpha value is -4.52. The molecule has 7 nitrogen and oxygen atoms in total. The van der Waals surface area contributed by atoms with Crippen LogP contribution in [0, 0.1) is 6.92 Å². The lowest BCUT2D eigenvalue weighted by Crippen LogP contribution is -2.35. The third kappa shape index (κ3) is 7.29. The van der Waals surface area contributed by atoms with Gasteiger partial charge in [0, 0.05) is 28.7 Å². The summed E-state index contributed by atoms with van der Waals surface area (Å²) in [5.41, 5.74) is 4.66. The lowest BCUT2D eigenvalue weighted by atomic mass is 10.1. The Balaban J connectivity index is 1.47. The van der Waals surface area contributed by atoms with E-state index in [1.165, 1.54) is 0 Å². The largest absolute Gasteiger partial charge is 0.497 e. The number of benzene rings is 3. The topological polar surface area (TPSA) is 92.4 Å². The number of aromatic amines is 1. The molecular formula is C32H35N3O4. The van der Waals surface area contributed by atoms with Crippen molar-refractivity contribution in [3.05, 3.63) is 101 Å². The van der Waals surface area contributed by atoms with Crippen molar-refractivity contribution in [2.75, 3.05) is 20.3 Å². The van der Waals surface area contributed by atoms with Crippen LogP contribution in [-0.4, -0.2) is 37.1 Å². The minimum absolute atomic E-state index is 0.157. The number of para-hydroxylation sites is 1. The number of methoxy groups -OCH3 is 1. The smallest absolute Gasteiger partial charge is 0.267 e. The highest BCUT2D eigenvalue weighted by Gasteiger charge is 2.16. The molecule has 0 aliphatic carbocycles. The van der Waals surface area contributed by atoms with E-state index in [1.54, 1.807) is 49.6 Å². The number of hydrogen-bond donors (Lipinski definition) is 3. The maximum Gasteiger partial charge on any atom is 0.267 e. The quantitative estimate of drug-likeness (QED) is 0.161. The molecule has 1 heterocycles. The second kappa shape index (κ2) is 13.3. The van der Waals surface area contributed by atoms with Gasteiger partial charge in [-0.15, -0.1) is 0 Å². The van der Waals surface area contributed by atoms with Gasteiger partial charge in [-0.3, -0.25) is 9.59 Å². The molecule has 202 valence electrons. The molecule has 0 atom stereocenters. The number of carbonyl (C=O) groups is 2. The summed E-state index contributed by atoms with van der Waals surface area (Å²) in [5, 5.41) is 6.92. The van der Waals surface area contributed by atoms with Crippen LogP contribution in [0.25, 0.3) is 17.0 Å². The fourth-order valence-corrected chi connectivity index (χ4v) is 4.31. The van der Waals surface area contributed by atoms with Gasteiger partial charge < -0.3 is 25.1 Å². The van der Waals surface area contributed by atoms with Gasteiger partial charge in [0.05, 0.1) is 13.7 Å². The van der Waals surface area contributed by atoms with E-state index in [4.69, 9.17) is 9.47 Å². The van der Waals surface area contributed by atoms with Crippen LogP contribution in [0.5, 0.6) is 11.5 Å². The third-order valence-corrected chi connectivity index (χ3v) is 6.49. The molecule has 4 rings (SSSR count). The minimum Gasteiger partial charge on any atom is -0.497 e. The molecule has 0 saturated heterocycles. The van der Waals surface area contributed by atoms with E-state index >= 15 is 0 Å². The van der Waals surface area contributed by atoms with Gasteiger partial charge in [0.1, 0.15) is 17.2 Å². The number of fused-ring (bicyclic) bond motifs is 1. The highest BCUT2D eigenvalue weighted by Crippen LogP contribution is 2.22. The molecule has 0 aliphatic rings. The maximum atomic E-state index is 13.3. The number of H-pyrrole nitrogens is 1. The van der Waals surface area contributed by atoms with E-state index in [0.29, 0.717) is 36.6 Å². The Labute approximate surface area is 229 Å². The van der Waals surface area contributed by atoms with Crippen molar-refractivity contribution in [1.82, 2.24) is 15.6 Å². The van der Waals surface area contributed by atoms with Crippen LogP contribution in [-0.2, 0) is 11.2 Å². The summed E-state index contributed by atoms with van der Waals surface area (Å²) in [6.45, 7) is 5.19. The van der Waals surface area contributed by atoms with E-state index in [0.717, 1.165) is 40.6 Å². The standard InChI is InChI=1S/C32H35N3O4/c1-4-5-20-39-26-16-12-24(13-17-26)31(36)35-30(21-23-10-14-25(38-3)15-11-23)32(37)33-19-18-27-22(2)34-29-9-7-6-8-28(27)29/h6-17,21,34H,4-5,18-20H2,1-3H3,(H,33,37)(H,35,36)/b30-21-. The van der Waals surface area contributed by atoms with Gasteiger partial charge in [-0.2, -0.15) is 0 Å². The first kappa shape index (κ1) is 27.5. The van der Waals surface area contributed by atoms with Crippen molar-refractivity contribution in [3.63, 3.8) is 0 Å². The number of unbranched alkanes of at least 4 members (excludes halogenated alkanes) is 1. The zero-order valence-corrected chi connectivity index (χ0v) is 22.7. The van der Waals surface area contributed by atoms with Gasteiger partial charge in [-0.05, 0) is 79.4 Å². The summed E-state index contributed by atoms with van der Waals surface area (Å²) in [4.78, 5) is 29.7. The fraction of sp³-hybridized carbons (Fsp3) is 0.250. The van der Waals surface area contributed by atoms with E-state index < -0.39 is 0 Å². The zero-order chi connectivity index (χ0) is 27.6. The van der Waals surface area contributed by atoms with Crippen LogP contribution in [0.4, 0.5) is 0 Å². The molecule has 7 heteroatoms. The number of nitrogens with one attached hydrogen (secondary N) is 3. The number of hydrogen-bond acceptors (Lipinski definition) is 4. The zero-order valence-electron chi connectivity index (χ0n) is 22.7. The van der Waals surface area contributed by atoms with Crippen LogP contribution in [0.3, 0.4) is 0 Å². The first-order valence-electron chi connectivity index (χ1n) is 13.2. The molecule has 0 spiro atoms. The van der Waals surface area contributed by atoms with E-state index in [1.807, 2.05) is 37.3 Å². The van der Waals surface area contributed by atoms with E-state index in [9.17, 15) is 9.59 Å². The predicted octanol–water partition coefficient (Wildman–Crippen LogP) is 5.79. The molecule has 3 aromatic carbocycles. The van der Waals surface area contributed by atoms with Crippen molar-refractivity contribution in [2.24, 2.45) is 0 Å². The number of ether oxygens (including phenoxy) is 2. The molecule has 0 radical (unpaired) electrons. The molecule has 2 amide bonds. The number of carbonyl (C=O) groups excluding carboxylic acids is 2. The summed E-state index contributed by atoms with van der Waals surface area (Å²) in [6.07, 6.45) is 4.33. The van der Waals surface area contributed by atoms with E-state index in [-0.39, 0.29) is 17.5 Å². The first-order chi connectivity index (χ1) is 19.0. The lowest BCUT2D eigenvalue weighted by molar-refractivity contribution is -0.117. The second-order valence-electron chi connectivity index (χ2n) is 9.29. The second-order valence-corrected chi connectivity index (χ2v) is 9.29. The van der Waals surface area contributed by atoms with Gasteiger partial charge in [0.2, 0.25) is 0 Å². The molecule has 0 unspecified atom stereocenters. The fourth-order valence-electron chi connectivity index (χ4n) is 4.31. The van der Waals surface area contributed by atoms with Crippen molar-refractivity contribution in [3.8, 4) is 11.5 Å². The maximum absolute atomic E-state index is 13.3. The Morgan fingerprint density at radius 3 is 2.38 bits per heavy atom. The Morgan fingerprint density at radius 2 is 1.67 bits per heavy atom. The minimum atomic E-state index is -0.377. The molecule has 0 fully saturated rings. The monoisotopic (exact) mass is 525 g/mol. The summed E-state index contributed by atoms with van der Waals surface area (Å²) in [7, 11) is 1.60. The average Bonchev–Trinajstić information content (AvgIpc) is 3.28. The van der Waals surface area contributed by atoms with Crippen LogP contribution in [0.15, 0.2) is 78.5 Å². The van der Waals surface area contributed by atoms with Gasteiger partial charge >= 0.3 is 0 Å². The summed E-state index contributed by atoms with van der Waals surface area (Å²) < 4.78 is 10.9. The Morgan fingerprint density at radius 1 is 0.949 bits per heavy atom. The molecule has 3 N–H and O–H groups in total. The Bertz CT molecular complexity index is 1440. The summed E-state index contributed by atoms with van der Waals surface area (Å²) in [5.74, 6) is 0.672. The van der Waals surface area contributed by atoms with Crippen LogP contribution < -0.4 is 20.1 Å². The number of amides is 2. The predicted molar refractivity (Wildman–Crippen MR) is 155 cm³/mol. The van der Waals surface area contributed by atoms with Gasteiger partial charge in [-0.1, -0.05) is 43.7 Å². The molecule has 0 aliphatic heterocycles. The number of aromatic nitrogens is 1. The molecule has 0 saturated carbocycles. The Kier molecular flexibility index (Phi) is 9.40. The molecule has 0 bridgehead atoms. The van der Waals surface area contributed by atoms with Crippen molar-refractivity contribution in [2.45, 2.75) is 33.1 Å². The normalized spacial score (nSPS) is 11.3. The van der Waals surface area contributed by atoms with Crippen molar-refractivity contribution >= 4 is 28.8 Å².